The Balaban J connectivity index is 1.66. The van der Waals surface area contributed by atoms with Crippen molar-refractivity contribution in [3.05, 3.63) is 53.3 Å². The lowest BCUT2D eigenvalue weighted by Gasteiger charge is -2.19. The number of carbonyl (C=O) groups excluding carboxylic acids is 1. The molecule has 27 heavy (non-hydrogen) atoms. The lowest BCUT2D eigenvalue weighted by molar-refractivity contribution is -0.146. The van der Waals surface area contributed by atoms with E-state index < -0.39 is 11.5 Å². The average Bonchev–Trinajstić information content (AvgIpc) is 3.10. The van der Waals surface area contributed by atoms with Gasteiger partial charge in [-0.15, -0.1) is 0 Å². The second kappa shape index (κ2) is 7.02. The molecule has 1 aromatic carbocycles. The highest BCUT2D eigenvalue weighted by molar-refractivity contribution is 5.90. The number of anilines is 1. The summed E-state index contributed by atoms with van der Waals surface area (Å²) < 4.78 is 2.65. The van der Waals surface area contributed by atoms with Crippen molar-refractivity contribution in [2.75, 3.05) is 5.32 Å². The molecule has 2 heterocycles. The number of carbonyl (C=O) groups is 2. The highest BCUT2D eigenvalue weighted by atomic mass is 16.4. The number of aryl methyl sites for hydroxylation is 1. The van der Waals surface area contributed by atoms with E-state index >= 15 is 0 Å². The molecular formula is C18H19N5O4. The van der Waals surface area contributed by atoms with E-state index in [1.807, 2.05) is 0 Å². The molecule has 9 nitrogen and oxygen atoms in total. The molecule has 2 N–H and O–H groups in total. The van der Waals surface area contributed by atoms with Crippen LogP contribution in [0.2, 0.25) is 0 Å². The molecule has 0 unspecified atom stereocenters. The maximum atomic E-state index is 12.4. The molecule has 2 aromatic heterocycles. The molecule has 140 valence electrons. The molecule has 9 heteroatoms. The van der Waals surface area contributed by atoms with E-state index in [2.05, 4.69) is 15.4 Å². The fourth-order valence-electron chi connectivity index (χ4n) is 2.50. The third-order valence-corrected chi connectivity index (χ3v) is 4.27. The molecule has 0 aliphatic carbocycles. The van der Waals surface area contributed by atoms with Crippen LogP contribution in [0, 0.1) is 0 Å². The van der Waals surface area contributed by atoms with Gasteiger partial charge in [0.1, 0.15) is 0 Å². The van der Waals surface area contributed by atoms with E-state index in [4.69, 9.17) is 0 Å². The van der Waals surface area contributed by atoms with Gasteiger partial charge in [0.2, 0.25) is 5.91 Å². The number of aliphatic carboxylic acids is 1. The summed E-state index contributed by atoms with van der Waals surface area (Å²) in [6.45, 7) is 3.19. The molecule has 3 rings (SSSR count). The summed E-state index contributed by atoms with van der Waals surface area (Å²) in [5.74, 6) is -1.35. The van der Waals surface area contributed by atoms with Crippen LogP contribution in [0.25, 0.3) is 10.9 Å². The van der Waals surface area contributed by atoms with E-state index in [9.17, 15) is 19.5 Å². The van der Waals surface area contributed by atoms with Gasteiger partial charge in [0.15, 0.2) is 5.54 Å². The molecule has 3 aromatic rings. The minimum Gasteiger partial charge on any atom is -0.479 e. The van der Waals surface area contributed by atoms with Crippen molar-refractivity contribution in [3.63, 3.8) is 0 Å². The van der Waals surface area contributed by atoms with Gasteiger partial charge in [0.25, 0.3) is 5.56 Å². The number of rotatable bonds is 6. The zero-order valence-corrected chi connectivity index (χ0v) is 14.9. The predicted octanol–water partition coefficient (Wildman–Crippen LogP) is 1.44. The predicted molar refractivity (Wildman–Crippen MR) is 98.4 cm³/mol. The Morgan fingerprint density at radius 2 is 2.00 bits per heavy atom. The van der Waals surface area contributed by atoms with Crippen LogP contribution < -0.4 is 10.9 Å². The third kappa shape index (κ3) is 3.71. The van der Waals surface area contributed by atoms with Crippen LogP contribution in [0.1, 0.15) is 20.3 Å². The highest BCUT2D eigenvalue weighted by Gasteiger charge is 2.30. The smallest absolute Gasteiger partial charge is 0.331 e. The van der Waals surface area contributed by atoms with Crippen LogP contribution in [0.4, 0.5) is 5.69 Å². The average molecular weight is 369 g/mol. The summed E-state index contributed by atoms with van der Waals surface area (Å²) in [6.07, 6.45) is 4.32. The number of hydrogen-bond acceptors (Lipinski definition) is 5. The number of nitrogens with zero attached hydrogens (tertiary/aromatic N) is 4. The SMILES string of the molecule is CC(C)(C(=O)O)n1cc(NC(=O)CCn2cnc3ccccc3c2=O)cn1. The fourth-order valence-corrected chi connectivity index (χ4v) is 2.50. The third-order valence-electron chi connectivity index (χ3n) is 4.27. The Hall–Kier alpha value is -3.49. The number of hydrogen-bond donors (Lipinski definition) is 2. The summed E-state index contributed by atoms with van der Waals surface area (Å²) in [6, 6.07) is 7.01. The van der Waals surface area contributed by atoms with Crippen LogP contribution in [0.3, 0.4) is 0 Å². The fraction of sp³-hybridized carbons (Fsp3) is 0.278. The number of nitrogens with one attached hydrogen (secondary N) is 1. The maximum Gasteiger partial charge on any atom is 0.331 e. The van der Waals surface area contributed by atoms with Crippen LogP contribution in [0.15, 0.2) is 47.8 Å². The molecule has 0 aliphatic heterocycles. The van der Waals surface area contributed by atoms with Gasteiger partial charge in [-0.3, -0.25) is 18.8 Å². The van der Waals surface area contributed by atoms with Crippen LogP contribution in [0.5, 0.6) is 0 Å². The largest absolute Gasteiger partial charge is 0.479 e. The van der Waals surface area contributed by atoms with Gasteiger partial charge in [0.05, 0.1) is 29.1 Å². The number of carboxylic acid groups (broad SMARTS) is 1. The Labute approximate surface area is 154 Å². The lowest BCUT2D eigenvalue weighted by Crippen LogP contribution is -2.35. The van der Waals surface area contributed by atoms with Gasteiger partial charge < -0.3 is 10.4 Å². The molecule has 0 atom stereocenters. The summed E-state index contributed by atoms with van der Waals surface area (Å²) in [5.41, 5.74) is -0.438. The van der Waals surface area contributed by atoms with E-state index in [0.717, 1.165) is 0 Å². The number of aromatic nitrogens is 4. The normalized spacial score (nSPS) is 11.5. The Bertz CT molecular complexity index is 1070. The minimum atomic E-state index is -1.23. The summed E-state index contributed by atoms with van der Waals surface area (Å²) in [4.78, 5) is 40.0. The van der Waals surface area contributed by atoms with Crippen molar-refractivity contribution >= 4 is 28.5 Å². The van der Waals surface area contributed by atoms with Gasteiger partial charge in [0, 0.05) is 19.2 Å². The first kappa shape index (κ1) is 18.3. The van der Waals surface area contributed by atoms with Crippen molar-refractivity contribution in [2.24, 2.45) is 0 Å². The molecule has 1 amide bonds. The van der Waals surface area contributed by atoms with Gasteiger partial charge >= 0.3 is 5.97 Å². The van der Waals surface area contributed by atoms with Crippen molar-refractivity contribution in [1.29, 1.82) is 0 Å². The second-order valence-corrected chi connectivity index (χ2v) is 6.60. The number of carboxylic acids is 1. The number of para-hydroxylation sites is 1. The Morgan fingerprint density at radius 3 is 2.74 bits per heavy atom. The molecule has 0 saturated carbocycles. The Kier molecular flexibility index (Phi) is 4.76. The highest BCUT2D eigenvalue weighted by Crippen LogP contribution is 2.17. The quantitative estimate of drug-likeness (QED) is 0.679. The molecule has 0 spiro atoms. The standard InChI is InChI=1S/C18H19N5O4/c1-18(2,17(26)27)23-10-12(9-20-23)21-15(24)7-8-22-11-19-14-6-4-3-5-13(14)16(22)25/h3-6,9-11H,7-8H2,1-2H3,(H,21,24)(H,26,27). The van der Waals surface area contributed by atoms with Crippen molar-refractivity contribution < 1.29 is 14.7 Å². The second-order valence-electron chi connectivity index (χ2n) is 6.60. The number of benzene rings is 1. The van der Waals surface area contributed by atoms with Crippen LogP contribution in [-0.4, -0.2) is 36.3 Å². The summed E-state index contributed by atoms with van der Waals surface area (Å²) >= 11 is 0. The summed E-state index contributed by atoms with van der Waals surface area (Å²) in [5, 5.41) is 16.3. The van der Waals surface area contributed by atoms with Crippen LogP contribution >= 0.6 is 0 Å². The molecule has 0 aliphatic rings. The molecule has 0 saturated heterocycles. The minimum absolute atomic E-state index is 0.0629. The van der Waals surface area contributed by atoms with E-state index in [1.54, 1.807) is 24.3 Å². The van der Waals surface area contributed by atoms with E-state index in [1.165, 1.54) is 41.8 Å². The number of fused-ring (bicyclic) bond motifs is 1. The molecule has 0 radical (unpaired) electrons. The van der Waals surface area contributed by atoms with E-state index in [0.29, 0.717) is 16.6 Å². The zero-order chi connectivity index (χ0) is 19.6. The van der Waals surface area contributed by atoms with Crippen molar-refractivity contribution in [3.8, 4) is 0 Å². The van der Waals surface area contributed by atoms with Gasteiger partial charge in [-0.25, -0.2) is 9.78 Å². The molecule has 0 fully saturated rings. The van der Waals surface area contributed by atoms with Gasteiger partial charge in [-0.05, 0) is 26.0 Å². The Morgan fingerprint density at radius 1 is 1.26 bits per heavy atom. The first-order chi connectivity index (χ1) is 12.8. The first-order valence-electron chi connectivity index (χ1n) is 8.31. The van der Waals surface area contributed by atoms with Gasteiger partial charge in [-0.1, -0.05) is 12.1 Å². The monoisotopic (exact) mass is 369 g/mol. The first-order valence-corrected chi connectivity index (χ1v) is 8.31. The lowest BCUT2D eigenvalue weighted by atomic mass is 10.1. The number of amides is 1. The topological polar surface area (TPSA) is 119 Å². The van der Waals surface area contributed by atoms with Gasteiger partial charge in [-0.2, -0.15) is 5.10 Å². The van der Waals surface area contributed by atoms with E-state index in [-0.39, 0.29) is 24.4 Å². The maximum absolute atomic E-state index is 12.4. The van der Waals surface area contributed by atoms with Crippen molar-refractivity contribution in [2.45, 2.75) is 32.4 Å². The molecule has 0 bridgehead atoms. The van der Waals surface area contributed by atoms with Crippen molar-refractivity contribution in [1.82, 2.24) is 19.3 Å². The zero-order valence-electron chi connectivity index (χ0n) is 14.9. The summed E-state index contributed by atoms with van der Waals surface area (Å²) in [7, 11) is 0. The van der Waals surface area contributed by atoms with Crippen LogP contribution in [-0.2, 0) is 21.7 Å². The molecular weight excluding hydrogens is 350 g/mol.